The van der Waals surface area contributed by atoms with E-state index in [4.69, 9.17) is 5.73 Å². The molecular weight excluding hydrogens is 300 g/mol. The molecule has 1 aliphatic heterocycles. The number of nitrogens with one attached hydrogen (secondary N) is 1. The Hall–Kier alpha value is -1.25. The molecule has 0 spiro atoms. The van der Waals surface area contributed by atoms with Gasteiger partial charge in [0.2, 0.25) is 10.0 Å². The van der Waals surface area contributed by atoms with Crippen LogP contribution in [-0.4, -0.2) is 39.5 Å². The fourth-order valence-corrected chi connectivity index (χ4v) is 4.02. The van der Waals surface area contributed by atoms with E-state index in [-0.39, 0.29) is 12.0 Å². The van der Waals surface area contributed by atoms with Gasteiger partial charge in [-0.2, -0.15) is 0 Å². The van der Waals surface area contributed by atoms with E-state index in [1.807, 2.05) is 14.0 Å². The zero-order valence-corrected chi connectivity index (χ0v) is 12.8. The van der Waals surface area contributed by atoms with Crippen LogP contribution < -0.4 is 10.5 Å². The lowest BCUT2D eigenvalue weighted by molar-refractivity contribution is 0.188. The standard InChI is InChI=1S/C13H19F2N3O2S/c1-8-7-18(2)4-3-12(8)17-21(19,20)13-6-11(16)9(14)5-10(13)15/h5-6,8,12,17H,3-4,7,16H2,1-2H3. The maximum atomic E-state index is 13.7. The molecule has 0 bridgehead atoms. The predicted molar refractivity (Wildman–Crippen MR) is 76.2 cm³/mol. The molecule has 2 unspecified atom stereocenters. The van der Waals surface area contributed by atoms with Gasteiger partial charge in [-0.05, 0) is 32.0 Å². The van der Waals surface area contributed by atoms with E-state index in [1.54, 1.807) is 0 Å². The quantitative estimate of drug-likeness (QED) is 0.820. The molecule has 8 heteroatoms. The van der Waals surface area contributed by atoms with Crippen LogP contribution in [0.1, 0.15) is 13.3 Å². The minimum absolute atomic E-state index is 0.0966. The van der Waals surface area contributed by atoms with Gasteiger partial charge in [0.05, 0.1) is 5.69 Å². The number of hydrogen-bond acceptors (Lipinski definition) is 4. The van der Waals surface area contributed by atoms with Crippen molar-refractivity contribution in [3.8, 4) is 0 Å². The maximum Gasteiger partial charge on any atom is 0.243 e. The summed E-state index contributed by atoms with van der Waals surface area (Å²) in [4.78, 5) is 1.49. The smallest absolute Gasteiger partial charge is 0.243 e. The van der Waals surface area contributed by atoms with Crippen LogP contribution in [0.25, 0.3) is 0 Å². The van der Waals surface area contributed by atoms with Crippen molar-refractivity contribution in [1.29, 1.82) is 0 Å². The van der Waals surface area contributed by atoms with Gasteiger partial charge in [0.1, 0.15) is 16.5 Å². The van der Waals surface area contributed by atoms with E-state index >= 15 is 0 Å². The van der Waals surface area contributed by atoms with Crippen LogP contribution >= 0.6 is 0 Å². The highest BCUT2D eigenvalue weighted by Gasteiger charge is 2.30. The second-order valence-electron chi connectivity index (χ2n) is 5.56. The Labute approximate surface area is 123 Å². The van der Waals surface area contributed by atoms with Crippen LogP contribution in [0.4, 0.5) is 14.5 Å². The van der Waals surface area contributed by atoms with Gasteiger partial charge in [0, 0.05) is 18.7 Å². The minimum atomic E-state index is -4.07. The molecule has 21 heavy (non-hydrogen) atoms. The van der Waals surface area contributed by atoms with Crippen LogP contribution in [0.2, 0.25) is 0 Å². The Morgan fingerprint density at radius 1 is 1.33 bits per heavy atom. The molecule has 1 aliphatic rings. The third-order valence-corrected chi connectivity index (χ3v) is 5.26. The van der Waals surface area contributed by atoms with Gasteiger partial charge in [-0.3, -0.25) is 0 Å². The van der Waals surface area contributed by atoms with E-state index in [0.717, 1.165) is 19.2 Å². The van der Waals surface area contributed by atoms with E-state index in [0.29, 0.717) is 12.5 Å². The summed E-state index contributed by atoms with van der Waals surface area (Å²) >= 11 is 0. The molecule has 3 N–H and O–H groups in total. The van der Waals surface area contributed by atoms with E-state index in [2.05, 4.69) is 9.62 Å². The summed E-state index contributed by atoms with van der Waals surface area (Å²) in [7, 11) is -2.11. The average Bonchev–Trinajstić information content (AvgIpc) is 2.37. The molecule has 0 amide bonds. The minimum Gasteiger partial charge on any atom is -0.396 e. The van der Waals surface area contributed by atoms with E-state index < -0.39 is 32.2 Å². The summed E-state index contributed by atoms with van der Waals surface area (Å²) in [5.74, 6) is -2.02. The Bertz CT molecular complexity index is 637. The predicted octanol–water partition coefficient (Wildman–Crippen LogP) is 1.17. The lowest BCUT2D eigenvalue weighted by atomic mass is 9.95. The first kappa shape index (κ1) is 16.1. The zero-order valence-electron chi connectivity index (χ0n) is 11.9. The highest BCUT2D eigenvalue weighted by Crippen LogP contribution is 2.23. The van der Waals surface area contributed by atoms with Gasteiger partial charge < -0.3 is 10.6 Å². The van der Waals surface area contributed by atoms with Gasteiger partial charge in [-0.25, -0.2) is 21.9 Å². The first-order valence-corrected chi connectivity index (χ1v) is 8.14. The largest absolute Gasteiger partial charge is 0.396 e. The molecular formula is C13H19F2N3O2S. The highest BCUT2D eigenvalue weighted by atomic mass is 32.2. The molecule has 0 radical (unpaired) electrons. The maximum absolute atomic E-state index is 13.7. The number of sulfonamides is 1. The van der Waals surface area contributed by atoms with Crippen molar-refractivity contribution in [2.75, 3.05) is 25.9 Å². The van der Waals surface area contributed by atoms with Crippen molar-refractivity contribution < 1.29 is 17.2 Å². The van der Waals surface area contributed by atoms with Crippen LogP contribution in [0, 0.1) is 17.6 Å². The van der Waals surface area contributed by atoms with Crippen molar-refractivity contribution in [1.82, 2.24) is 9.62 Å². The summed E-state index contributed by atoms with van der Waals surface area (Å²) in [5.41, 5.74) is 4.93. The summed E-state index contributed by atoms with van der Waals surface area (Å²) in [6.07, 6.45) is 0.634. The molecule has 0 saturated carbocycles. The van der Waals surface area contributed by atoms with Crippen molar-refractivity contribution in [2.45, 2.75) is 24.3 Å². The number of piperidine rings is 1. The molecule has 1 fully saturated rings. The molecule has 2 rings (SSSR count). The lowest BCUT2D eigenvalue weighted by Gasteiger charge is -2.34. The van der Waals surface area contributed by atoms with Crippen LogP contribution in [-0.2, 0) is 10.0 Å². The van der Waals surface area contributed by atoms with Gasteiger partial charge in [0.15, 0.2) is 0 Å². The third-order valence-electron chi connectivity index (χ3n) is 3.76. The van der Waals surface area contributed by atoms with Crippen LogP contribution in [0.5, 0.6) is 0 Å². The van der Waals surface area contributed by atoms with Gasteiger partial charge >= 0.3 is 0 Å². The summed E-state index contributed by atoms with van der Waals surface area (Å²) in [5, 5.41) is 0. The average molecular weight is 319 g/mol. The van der Waals surface area contributed by atoms with Gasteiger partial charge in [0.25, 0.3) is 0 Å². The normalized spacial score (nSPS) is 24.2. The Kier molecular flexibility index (Phi) is 4.50. The van der Waals surface area contributed by atoms with Crippen molar-refractivity contribution in [3.63, 3.8) is 0 Å². The van der Waals surface area contributed by atoms with E-state index in [9.17, 15) is 17.2 Å². The topological polar surface area (TPSA) is 75.4 Å². The molecule has 1 aromatic rings. The fourth-order valence-electron chi connectivity index (χ4n) is 2.54. The Balaban J connectivity index is 2.25. The molecule has 0 aromatic heterocycles. The van der Waals surface area contributed by atoms with Crippen molar-refractivity contribution in [2.24, 2.45) is 5.92 Å². The molecule has 118 valence electrons. The number of nitrogens with zero attached hydrogens (tertiary/aromatic N) is 1. The summed E-state index contributed by atoms with van der Waals surface area (Å²) < 4.78 is 53.9. The summed E-state index contributed by atoms with van der Waals surface area (Å²) in [6, 6.07) is 1.02. The lowest BCUT2D eigenvalue weighted by Crippen LogP contribution is -2.48. The van der Waals surface area contributed by atoms with Crippen molar-refractivity contribution in [3.05, 3.63) is 23.8 Å². The number of hydrogen-bond donors (Lipinski definition) is 2. The van der Waals surface area contributed by atoms with Crippen molar-refractivity contribution >= 4 is 15.7 Å². The second kappa shape index (κ2) is 5.86. The molecule has 1 heterocycles. The Morgan fingerprint density at radius 3 is 2.62 bits per heavy atom. The second-order valence-corrected chi connectivity index (χ2v) is 7.24. The SMILES string of the molecule is CC1CN(C)CCC1NS(=O)(=O)c1cc(N)c(F)cc1F. The van der Waals surface area contributed by atoms with Gasteiger partial charge in [-0.1, -0.05) is 6.92 Å². The number of anilines is 1. The first-order chi connectivity index (χ1) is 9.70. The van der Waals surface area contributed by atoms with Crippen LogP contribution in [0.15, 0.2) is 17.0 Å². The summed E-state index contributed by atoms with van der Waals surface area (Å²) in [6.45, 7) is 3.44. The molecule has 1 saturated heterocycles. The number of benzene rings is 1. The number of nitrogen functional groups attached to an aromatic ring is 1. The highest BCUT2D eigenvalue weighted by molar-refractivity contribution is 7.89. The molecule has 1 aromatic carbocycles. The molecule has 0 aliphatic carbocycles. The number of nitrogens with two attached hydrogens (primary N) is 1. The monoisotopic (exact) mass is 319 g/mol. The zero-order chi connectivity index (χ0) is 15.8. The van der Waals surface area contributed by atoms with Gasteiger partial charge in [-0.15, -0.1) is 0 Å². The van der Waals surface area contributed by atoms with E-state index in [1.165, 1.54) is 0 Å². The third kappa shape index (κ3) is 3.50. The number of halogens is 2. The van der Waals surface area contributed by atoms with Crippen LogP contribution in [0.3, 0.4) is 0 Å². The Morgan fingerprint density at radius 2 is 2.00 bits per heavy atom. The molecule has 2 atom stereocenters. The number of likely N-dealkylation sites (tertiary alicyclic amines) is 1. The number of rotatable bonds is 3. The fraction of sp³-hybridized carbons (Fsp3) is 0.538. The first-order valence-electron chi connectivity index (χ1n) is 6.66. The molecule has 5 nitrogen and oxygen atoms in total.